The number of hydrogen-bond donors (Lipinski definition) is 2. The summed E-state index contributed by atoms with van der Waals surface area (Å²) in [6.45, 7) is 0.639. The van der Waals surface area contributed by atoms with Crippen molar-refractivity contribution in [3.8, 4) is 0 Å². The summed E-state index contributed by atoms with van der Waals surface area (Å²) >= 11 is 0. The Hall–Kier alpha value is -1.65. The number of aliphatic imine (C=N–C) groups is 1. The molecular weight excluding hydrogens is 170 g/mol. The van der Waals surface area contributed by atoms with E-state index in [1.54, 1.807) is 6.20 Å². The van der Waals surface area contributed by atoms with Gasteiger partial charge in [-0.15, -0.1) is 0 Å². The van der Waals surface area contributed by atoms with Gasteiger partial charge in [0.05, 0.1) is 5.71 Å². The molecule has 2 amide bonds. The quantitative estimate of drug-likeness (QED) is 0.503. The van der Waals surface area contributed by atoms with Gasteiger partial charge in [-0.25, -0.2) is 0 Å². The van der Waals surface area contributed by atoms with Crippen molar-refractivity contribution in [1.82, 2.24) is 5.32 Å². The van der Waals surface area contributed by atoms with E-state index in [-0.39, 0.29) is 5.91 Å². The molecule has 0 fully saturated rings. The normalized spacial score (nSPS) is 25.8. The molecule has 0 spiro atoms. The van der Waals surface area contributed by atoms with Gasteiger partial charge < -0.3 is 11.1 Å². The lowest BCUT2D eigenvalue weighted by molar-refractivity contribution is -0.130. The molecule has 2 heterocycles. The van der Waals surface area contributed by atoms with Crippen molar-refractivity contribution in [2.75, 3.05) is 6.54 Å². The maximum absolute atomic E-state index is 11.2. The van der Waals surface area contributed by atoms with Crippen molar-refractivity contribution in [2.45, 2.75) is 6.42 Å². The third-order valence-corrected chi connectivity index (χ3v) is 2.20. The van der Waals surface area contributed by atoms with Gasteiger partial charge in [0, 0.05) is 12.7 Å². The van der Waals surface area contributed by atoms with Crippen LogP contribution in [0.5, 0.6) is 0 Å². The first kappa shape index (κ1) is 7.97. The molecule has 68 valence electrons. The van der Waals surface area contributed by atoms with Crippen LogP contribution < -0.4 is 11.1 Å². The molecule has 0 aromatic carbocycles. The molecule has 0 aliphatic carbocycles. The Balaban J connectivity index is 2.41. The maximum Gasteiger partial charge on any atom is 0.242 e. The number of carbonyl (C=O) groups is 2. The Kier molecular flexibility index (Phi) is 1.65. The first-order chi connectivity index (χ1) is 6.20. The van der Waals surface area contributed by atoms with Crippen LogP contribution in [0.1, 0.15) is 6.42 Å². The lowest BCUT2D eigenvalue weighted by atomic mass is 9.93. The molecule has 5 heteroatoms. The van der Waals surface area contributed by atoms with E-state index in [1.165, 1.54) is 0 Å². The van der Waals surface area contributed by atoms with Crippen molar-refractivity contribution in [1.29, 1.82) is 0 Å². The molecule has 2 rings (SSSR count). The summed E-state index contributed by atoms with van der Waals surface area (Å²) in [5.74, 6) is -1.90. The van der Waals surface area contributed by atoms with Crippen molar-refractivity contribution >= 4 is 17.5 Å². The summed E-state index contributed by atoms with van der Waals surface area (Å²) in [5, 5.41) is 2.50. The van der Waals surface area contributed by atoms with E-state index < -0.39 is 11.8 Å². The highest BCUT2D eigenvalue weighted by atomic mass is 16.2. The third kappa shape index (κ3) is 1.12. The van der Waals surface area contributed by atoms with Crippen LogP contribution in [0, 0.1) is 5.92 Å². The molecule has 2 aliphatic heterocycles. The summed E-state index contributed by atoms with van der Waals surface area (Å²) < 4.78 is 0. The van der Waals surface area contributed by atoms with Crippen molar-refractivity contribution in [3.63, 3.8) is 0 Å². The lowest BCUT2D eigenvalue weighted by Crippen LogP contribution is -2.45. The first-order valence-corrected chi connectivity index (χ1v) is 4.03. The minimum absolute atomic E-state index is 0.378. The number of nitrogens with zero attached hydrogens (tertiary/aromatic N) is 1. The van der Waals surface area contributed by atoms with Gasteiger partial charge in [-0.1, -0.05) is 0 Å². The summed E-state index contributed by atoms with van der Waals surface area (Å²) in [4.78, 5) is 26.3. The molecule has 13 heavy (non-hydrogen) atoms. The zero-order valence-electron chi connectivity index (χ0n) is 6.91. The Morgan fingerprint density at radius 1 is 1.69 bits per heavy atom. The number of primary amides is 1. The van der Waals surface area contributed by atoms with Crippen LogP contribution >= 0.6 is 0 Å². The fourth-order valence-corrected chi connectivity index (χ4v) is 1.58. The second-order valence-corrected chi connectivity index (χ2v) is 3.03. The molecule has 1 atom stereocenters. The van der Waals surface area contributed by atoms with E-state index in [4.69, 9.17) is 5.73 Å². The van der Waals surface area contributed by atoms with Gasteiger partial charge >= 0.3 is 0 Å². The molecule has 2 aliphatic rings. The molecule has 0 bridgehead atoms. The average Bonchev–Trinajstić information content (AvgIpc) is 2.50. The van der Waals surface area contributed by atoms with Crippen molar-refractivity contribution in [3.05, 3.63) is 11.8 Å². The van der Waals surface area contributed by atoms with Crippen LogP contribution in [-0.2, 0) is 9.59 Å². The standard InChI is InChI=1S/C8H9N3O2/c9-7(12)5-6-4(1-2-10-6)3-11-8(5)13/h3,5H,1-2H2,(H2,9,12)(H,11,13). The number of nitrogens with two attached hydrogens (primary N) is 1. The maximum atomic E-state index is 11.2. The highest BCUT2D eigenvalue weighted by molar-refractivity contribution is 6.27. The number of nitrogens with one attached hydrogen (secondary N) is 1. The summed E-state index contributed by atoms with van der Waals surface area (Å²) in [6.07, 6.45) is 2.38. The van der Waals surface area contributed by atoms with Crippen LogP contribution in [0.3, 0.4) is 0 Å². The highest BCUT2D eigenvalue weighted by Crippen LogP contribution is 2.21. The number of rotatable bonds is 1. The molecule has 0 radical (unpaired) electrons. The van der Waals surface area contributed by atoms with Gasteiger partial charge in [-0.05, 0) is 12.0 Å². The third-order valence-electron chi connectivity index (χ3n) is 2.20. The SMILES string of the molecule is NC(=O)C1C(=O)NC=C2CCN=C21. The van der Waals surface area contributed by atoms with Gasteiger partial charge in [-0.2, -0.15) is 0 Å². The van der Waals surface area contributed by atoms with E-state index in [2.05, 4.69) is 10.3 Å². The van der Waals surface area contributed by atoms with Gasteiger partial charge in [0.25, 0.3) is 0 Å². The van der Waals surface area contributed by atoms with Crippen LogP contribution in [0.25, 0.3) is 0 Å². The van der Waals surface area contributed by atoms with Crippen LogP contribution in [0.2, 0.25) is 0 Å². The number of carbonyl (C=O) groups excluding carboxylic acids is 2. The minimum Gasteiger partial charge on any atom is -0.369 e. The van der Waals surface area contributed by atoms with E-state index >= 15 is 0 Å². The number of hydrogen-bond acceptors (Lipinski definition) is 3. The average molecular weight is 179 g/mol. The monoisotopic (exact) mass is 179 g/mol. The Labute approximate surface area is 74.7 Å². The molecule has 0 saturated heterocycles. The van der Waals surface area contributed by atoms with Crippen LogP contribution in [0.15, 0.2) is 16.8 Å². The predicted octanol–water partition coefficient (Wildman–Crippen LogP) is -1.05. The fraction of sp³-hybridized carbons (Fsp3) is 0.375. The number of amides is 2. The summed E-state index contributed by atoms with van der Waals surface area (Å²) in [6, 6.07) is 0. The molecule has 3 N–H and O–H groups in total. The summed E-state index contributed by atoms with van der Waals surface area (Å²) in [5.41, 5.74) is 6.58. The van der Waals surface area contributed by atoms with E-state index in [0.717, 1.165) is 12.0 Å². The smallest absolute Gasteiger partial charge is 0.242 e. The minimum atomic E-state index is -0.887. The molecule has 1 unspecified atom stereocenters. The van der Waals surface area contributed by atoms with E-state index in [9.17, 15) is 9.59 Å². The van der Waals surface area contributed by atoms with Gasteiger partial charge in [0.15, 0.2) is 5.92 Å². The van der Waals surface area contributed by atoms with Crippen LogP contribution in [-0.4, -0.2) is 24.1 Å². The Morgan fingerprint density at radius 2 is 2.46 bits per heavy atom. The lowest BCUT2D eigenvalue weighted by Gasteiger charge is -2.18. The zero-order chi connectivity index (χ0) is 9.42. The topological polar surface area (TPSA) is 84.5 Å². The highest BCUT2D eigenvalue weighted by Gasteiger charge is 2.36. The van der Waals surface area contributed by atoms with Gasteiger partial charge in [0.2, 0.25) is 11.8 Å². The first-order valence-electron chi connectivity index (χ1n) is 4.03. The summed E-state index contributed by atoms with van der Waals surface area (Å²) in [7, 11) is 0. The second-order valence-electron chi connectivity index (χ2n) is 3.03. The molecule has 0 aromatic rings. The second kappa shape index (κ2) is 2.69. The van der Waals surface area contributed by atoms with E-state index in [1.807, 2.05) is 0 Å². The molecule has 0 saturated carbocycles. The van der Waals surface area contributed by atoms with Gasteiger partial charge in [0.1, 0.15) is 0 Å². The predicted molar refractivity (Wildman–Crippen MR) is 45.8 cm³/mol. The number of fused-ring (bicyclic) bond motifs is 1. The van der Waals surface area contributed by atoms with Crippen molar-refractivity contribution in [2.24, 2.45) is 16.6 Å². The largest absolute Gasteiger partial charge is 0.369 e. The van der Waals surface area contributed by atoms with Gasteiger partial charge in [-0.3, -0.25) is 14.6 Å². The van der Waals surface area contributed by atoms with Crippen molar-refractivity contribution < 1.29 is 9.59 Å². The van der Waals surface area contributed by atoms with Crippen LogP contribution in [0.4, 0.5) is 0 Å². The Morgan fingerprint density at radius 3 is 3.15 bits per heavy atom. The molecular formula is C8H9N3O2. The molecule has 0 aromatic heterocycles. The zero-order valence-corrected chi connectivity index (χ0v) is 6.91. The Bertz CT molecular complexity index is 343. The van der Waals surface area contributed by atoms with E-state index in [0.29, 0.717) is 12.3 Å². The molecule has 5 nitrogen and oxygen atoms in total. The fourth-order valence-electron chi connectivity index (χ4n) is 1.58.